The van der Waals surface area contributed by atoms with Crippen molar-refractivity contribution >= 4 is 33.4 Å². The Bertz CT molecular complexity index is 1020. The van der Waals surface area contributed by atoms with Crippen LogP contribution in [0.25, 0.3) is 0 Å². The predicted octanol–water partition coefficient (Wildman–Crippen LogP) is 2.05. The molecule has 2 aromatic rings. The normalized spacial score (nSPS) is 12.1. The van der Waals surface area contributed by atoms with Crippen molar-refractivity contribution in [1.82, 2.24) is 4.72 Å². The summed E-state index contributed by atoms with van der Waals surface area (Å²) in [5.74, 6) is -1.66. The Morgan fingerprint density at radius 2 is 1.72 bits per heavy atom. The Labute approximate surface area is 169 Å². The van der Waals surface area contributed by atoms with Crippen LogP contribution in [0.4, 0.5) is 5.69 Å². The molecule has 29 heavy (non-hydrogen) atoms. The first-order valence-electron chi connectivity index (χ1n) is 8.76. The molecular formula is C20H22N2O6S. The second-order valence-corrected chi connectivity index (χ2v) is 8.16. The number of nitrogens with one attached hydrogen (secondary N) is 2. The molecule has 0 saturated carbocycles. The van der Waals surface area contributed by atoms with Gasteiger partial charge >= 0.3 is 5.97 Å². The third kappa shape index (κ3) is 6.51. The van der Waals surface area contributed by atoms with Crippen LogP contribution in [0.5, 0.6) is 0 Å². The maximum absolute atomic E-state index is 12.2. The molecule has 9 heteroatoms. The number of aryl methyl sites for hydroxylation is 1. The van der Waals surface area contributed by atoms with Gasteiger partial charge in [-0.1, -0.05) is 29.8 Å². The number of rotatable bonds is 8. The van der Waals surface area contributed by atoms with Crippen molar-refractivity contribution in [3.63, 3.8) is 0 Å². The maximum atomic E-state index is 12.2. The van der Waals surface area contributed by atoms with Gasteiger partial charge in [0.15, 0.2) is 11.9 Å². The van der Waals surface area contributed by atoms with Gasteiger partial charge in [-0.2, -0.15) is 4.72 Å². The molecule has 154 valence electrons. The van der Waals surface area contributed by atoms with Crippen molar-refractivity contribution in [2.24, 2.45) is 0 Å². The number of carbonyl (C=O) groups is 3. The summed E-state index contributed by atoms with van der Waals surface area (Å²) in [5.41, 5.74) is 1.71. The topological polar surface area (TPSA) is 119 Å². The van der Waals surface area contributed by atoms with Crippen molar-refractivity contribution in [2.75, 3.05) is 11.9 Å². The molecule has 1 atom stereocenters. The molecule has 0 unspecified atom stereocenters. The number of anilines is 1. The highest BCUT2D eigenvalue weighted by Gasteiger charge is 2.21. The van der Waals surface area contributed by atoms with E-state index < -0.39 is 34.5 Å². The van der Waals surface area contributed by atoms with Crippen LogP contribution in [0, 0.1) is 6.92 Å². The zero-order chi connectivity index (χ0) is 21.6. The molecule has 0 aliphatic rings. The van der Waals surface area contributed by atoms with Gasteiger partial charge in [-0.25, -0.2) is 8.42 Å². The molecule has 0 spiro atoms. The van der Waals surface area contributed by atoms with Gasteiger partial charge in [-0.15, -0.1) is 0 Å². The lowest BCUT2D eigenvalue weighted by molar-refractivity contribution is -0.151. The number of benzene rings is 2. The second-order valence-electron chi connectivity index (χ2n) is 6.40. The third-order valence-electron chi connectivity index (χ3n) is 3.95. The minimum atomic E-state index is -3.87. The molecular weight excluding hydrogens is 396 g/mol. The standard InChI is InChI=1S/C20H22N2O6S/c1-13-7-9-18(10-8-13)29(26,27)21-12-19(24)28-15(3)20(25)22-17-6-4-5-16(11-17)14(2)23/h4-11,15,21H,12H2,1-3H3,(H,22,25)/t15-/m1/s1. The van der Waals surface area contributed by atoms with Crippen molar-refractivity contribution < 1.29 is 27.5 Å². The lowest BCUT2D eigenvalue weighted by Crippen LogP contribution is -2.35. The van der Waals surface area contributed by atoms with E-state index in [2.05, 4.69) is 10.0 Å². The van der Waals surface area contributed by atoms with E-state index in [1.54, 1.807) is 30.3 Å². The number of ether oxygens (including phenoxy) is 1. The Balaban J connectivity index is 1.89. The van der Waals surface area contributed by atoms with E-state index in [0.29, 0.717) is 11.3 Å². The van der Waals surface area contributed by atoms with E-state index in [-0.39, 0.29) is 10.7 Å². The Morgan fingerprint density at radius 3 is 2.34 bits per heavy atom. The van der Waals surface area contributed by atoms with Crippen molar-refractivity contribution in [1.29, 1.82) is 0 Å². The molecule has 0 aliphatic heterocycles. The first-order valence-corrected chi connectivity index (χ1v) is 10.2. The van der Waals surface area contributed by atoms with Crippen molar-refractivity contribution in [3.05, 3.63) is 59.7 Å². The first-order chi connectivity index (χ1) is 13.6. The molecule has 0 aliphatic carbocycles. The highest BCUT2D eigenvalue weighted by atomic mass is 32.2. The zero-order valence-corrected chi connectivity index (χ0v) is 17.1. The number of esters is 1. The SMILES string of the molecule is CC(=O)c1cccc(NC(=O)[C@@H](C)OC(=O)CNS(=O)(=O)c2ccc(C)cc2)c1. The maximum Gasteiger partial charge on any atom is 0.321 e. The molecule has 0 saturated heterocycles. The number of Topliss-reactive ketones (excluding diaryl/α,β-unsaturated/α-hetero) is 1. The summed E-state index contributed by atoms with van der Waals surface area (Å²) in [7, 11) is -3.87. The molecule has 8 nitrogen and oxygen atoms in total. The average molecular weight is 418 g/mol. The van der Waals surface area contributed by atoms with Gasteiger partial charge in [0, 0.05) is 11.3 Å². The molecule has 0 bridgehead atoms. The molecule has 1 amide bonds. The quantitative estimate of drug-likeness (QED) is 0.500. The summed E-state index contributed by atoms with van der Waals surface area (Å²) in [6.45, 7) is 3.97. The van der Waals surface area contributed by atoms with Gasteiger partial charge in [-0.05, 0) is 45.0 Å². The molecule has 2 aromatic carbocycles. The summed E-state index contributed by atoms with van der Waals surface area (Å²) in [6, 6.07) is 12.5. The largest absolute Gasteiger partial charge is 0.452 e. The number of ketones is 1. The Morgan fingerprint density at radius 1 is 1.07 bits per heavy atom. The first kappa shape index (κ1) is 22.3. The van der Waals surface area contributed by atoms with Gasteiger partial charge in [0.2, 0.25) is 10.0 Å². The highest BCUT2D eigenvalue weighted by Crippen LogP contribution is 2.12. The Hall–Kier alpha value is -3.04. The van der Waals surface area contributed by atoms with Crippen molar-refractivity contribution in [3.8, 4) is 0 Å². The fourth-order valence-electron chi connectivity index (χ4n) is 2.31. The van der Waals surface area contributed by atoms with Crippen molar-refractivity contribution in [2.45, 2.75) is 31.8 Å². The van der Waals surface area contributed by atoms with Crippen LogP contribution < -0.4 is 10.0 Å². The number of hydrogen-bond donors (Lipinski definition) is 2. The fourth-order valence-corrected chi connectivity index (χ4v) is 3.28. The van der Waals surface area contributed by atoms with Crippen LogP contribution in [0.1, 0.15) is 29.8 Å². The van der Waals surface area contributed by atoms with Gasteiger partial charge in [0.25, 0.3) is 5.91 Å². The summed E-state index contributed by atoms with van der Waals surface area (Å²) in [4.78, 5) is 35.5. The Kier molecular flexibility index (Phi) is 7.24. The summed E-state index contributed by atoms with van der Waals surface area (Å²) in [6.07, 6.45) is -1.16. The van der Waals surface area contributed by atoms with Crippen LogP contribution in [0.2, 0.25) is 0 Å². The second kappa shape index (κ2) is 9.44. The third-order valence-corrected chi connectivity index (χ3v) is 5.37. The van der Waals surface area contributed by atoms with Crippen LogP contribution in [0.3, 0.4) is 0 Å². The fraction of sp³-hybridized carbons (Fsp3) is 0.250. The van der Waals surface area contributed by atoms with Crippen LogP contribution in [-0.4, -0.2) is 38.7 Å². The highest BCUT2D eigenvalue weighted by molar-refractivity contribution is 7.89. The lowest BCUT2D eigenvalue weighted by atomic mass is 10.1. The smallest absolute Gasteiger partial charge is 0.321 e. The van der Waals surface area contributed by atoms with E-state index in [1.165, 1.54) is 32.0 Å². The molecule has 0 aromatic heterocycles. The molecule has 2 N–H and O–H groups in total. The lowest BCUT2D eigenvalue weighted by Gasteiger charge is -2.14. The van der Waals surface area contributed by atoms with Crippen LogP contribution >= 0.6 is 0 Å². The molecule has 0 heterocycles. The predicted molar refractivity (Wildman–Crippen MR) is 107 cm³/mol. The molecule has 0 radical (unpaired) electrons. The van der Waals surface area contributed by atoms with Gasteiger partial charge in [0.1, 0.15) is 6.54 Å². The van der Waals surface area contributed by atoms with E-state index >= 15 is 0 Å². The van der Waals surface area contributed by atoms with E-state index in [1.807, 2.05) is 6.92 Å². The minimum absolute atomic E-state index is 0.0204. The summed E-state index contributed by atoms with van der Waals surface area (Å²) >= 11 is 0. The monoisotopic (exact) mass is 418 g/mol. The van der Waals surface area contributed by atoms with E-state index in [9.17, 15) is 22.8 Å². The zero-order valence-electron chi connectivity index (χ0n) is 16.3. The summed E-state index contributed by atoms with van der Waals surface area (Å²) in [5, 5.41) is 2.54. The number of carbonyl (C=O) groups excluding carboxylic acids is 3. The minimum Gasteiger partial charge on any atom is -0.452 e. The number of amides is 1. The van der Waals surface area contributed by atoms with E-state index in [0.717, 1.165) is 5.56 Å². The molecule has 0 fully saturated rings. The van der Waals surface area contributed by atoms with Gasteiger partial charge in [-0.3, -0.25) is 14.4 Å². The van der Waals surface area contributed by atoms with Gasteiger partial charge < -0.3 is 10.1 Å². The number of sulfonamides is 1. The van der Waals surface area contributed by atoms with Crippen LogP contribution in [0.15, 0.2) is 53.4 Å². The summed E-state index contributed by atoms with van der Waals surface area (Å²) < 4.78 is 31.4. The number of hydrogen-bond acceptors (Lipinski definition) is 6. The molecule has 2 rings (SSSR count). The average Bonchev–Trinajstić information content (AvgIpc) is 2.67. The van der Waals surface area contributed by atoms with E-state index in [4.69, 9.17) is 4.74 Å². The van der Waals surface area contributed by atoms with Crippen LogP contribution in [-0.2, 0) is 24.3 Å². The van der Waals surface area contributed by atoms with Gasteiger partial charge in [0.05, 0.1) is 4.90 Å².